The monoisotopic (exact) mass is 280 g/mol. The molecule has 7 heteroatoms. The van der Waals surface area contributed by atoms with Gasteiger partial charge in [-0.1, -0.05) is 19.8 Å². The average molecular weight is 280 g/mol. The van der Waals surface area contributed by atoms with Crippen molar-refractivity contribution in [2.75, 3.05) is 13.1 Å². The van der Waals surface area contributed by atoms with Crippen LogP contribution in [0.2, 0.25) is 0 Å². The van der Waals surface area contributed by atoms with Crippen molar-refractivity contribution < 1.29 is 5.11 Å². The van der Waals surface area contributed by atoms with Gasteiger partial charge in [0.2, 0.25) is 5.88 Å². The number of H-pyrrole nitrogens is 2. The Hall–Kier alpha value is -2.05. The molecule has 0 radical (unpaired) electrons. The molecule has 1 aromatic heterocycles. The first-order valence-corrected chi connectivity index (χ1v) is 7.00. The lowest BCUT2D eigenvalue weighted by Crippen LogP contribution is -2.29. The van der Waals surface area contributed by atoms with E-state index in [0.717, 1.165) is 25.9 Å². The first kappa shape index (κ1) is 14.4. The Labute approximate surface area is 116 Å². The topological polar surface area (TPSA) is 102 Å². The summed E-state index contributed by atoms with van der Waals surface area (Å²) in [5.41, 5.74) is -0.790. The van der Waals surface area contributed by atoms with Crippen LogP contribution < -0.4 is 11.2 Å². The van der Waals surface area contributed by atoms with Crippen LogP contribution in [0.25, 0.3) is 0 Å². The summed E-state index contributed by atoms with van der Waals surface area (Å²) in [5, 5.41) is 16.2. The third-order valence-corrected chi connectivity index (χ3v) is 3.39. The molecule has 7 nitrogen and oxygen atoms in total. The maximum absolute atomic E-state index is 11.8. The van der Waals surface area contributed by atoms with Crippen molar-refractivity contribution in [3.8, 4) is 5.88 Å². The fraction of sp³-hybridized carbons (Fsp3) is 0.615. The molecule has 0 spiro atoms. The van der Waals surface area contributed by atoms with E-state index in [4.69, 9.17) is 0 Å². The van der Waals surface area contributed by atoms with Crippen LogP contribution >= 0.6 is 0 Å². The van der Waals surface area contributed by atoms with Crippen LogP contribution in [-0.2, 0) is 0 Å². The Kier molecular flexibility index (Phi) is 4.60. The van der Waals surface area contributed by atoms with E-state index >= 15 is 0 Å². The molecule has 0 unspecified atom stereocenters. The van der Waals surface area contributed by atoms with Crippen LogP contribution in [-0.4, -0.2) is 38.9 Å². The Morgan fingerprint density at radius 2 is 1.85 bits per heavy atom. The number of nitrogens with one attached hydrogen (secondary N) is 2. The number of hydrogen-bond donors (Lipinski definition) is 3. The predicted molar refractivity (Wildman–Crippen MR) is 76.2 cm³/mol. The molecule has 1 fully saturated rings. The van der Waals surface area contributed by atoms with Crippen LogP contribution in [0.15, 0.2) is 14.7 Å². The number of aromatic hydroxyl groups is 1. The van der Waals surface area contributed by atoms with Crippen molar-refractivity contribution in [1.82, 2.24) is 15.0 Å². The van der Waals surface area contributed by atoms with Crippen LogP contribution in [0.5, 0.6) is 5.88 Å². The Morgan fingerprint density at radius 1 is 1.20 bits per heavy atom. The van der Waals surface area contributed by atoms with E-state index in [1.807, 2.05) is 11.9 Å². The molecule has 1 aliphatic rings. The zero-order valence-electron chi connectivity index (χ0n) is 11.6. The molecule has 0 bridgehead atoms. The molecular weight excluding hydrogens is 260 g/mol. The van der Waals surface area contributed by atoms with E-state index in [1.54, 1.807) is 0 Å². The number of aromatic nitrogens is 2. The van der Waals surface area contributed by atoms with Crippen molar-refractivity contribution >= 4 is 5.71 Å². The molecule has 0 aliphatic carbocycles. The highest BCUT2D eigenvalue weighted by Crippen LogP contribution is 2.14. The second-order valence-electron chi connectivity index (χ2n) is 4.90. The normalized spacial score (nSPS) is 17.1. The summed E-state index contributed by atoms with van der Waals surface area (Å²) in [6, 6.07) is 0. The van der Waals surface area contributed by atoms with Crippen LogP contribution in [0.4, 0.5) is 0 Å². The molecule has 0 atom stereocenters. The number of aromatic amines is 2. The van der Waals surface area contributed by atoms with Crippen molar-refractivity contribution in [3.05, 3.63) is 26.4 Å². The van der Waals surface area contributed by atoms with Crippen LogP contribution in [0, 0.1) is 0 Å². The highest BCUT2D eigenvalue weighted by Gasteiger charge is 2.16. The van der Waals surface area contributed by atoms with E-state index in [0.29, 0.717) is 12.1 Å². The van der Waals surface area contributed by atoms with Gasteiger partial charge < -0.3 is 5.11 Å². The zero-order chi connectivity index (χ0) is 14.5. The van der Waals surface area contributed by atoms with Crippen molar-refractivity contribution in [2.45, 2.75) is 39.0 Å². The second-order valence-corrected chi connectivity index (χ2v) is 4.90. The summed E-state index contributed by atoms with van der Waals surface area (Å²) < 4.78 is 0. The summed E-state index contributed by atoms with van der Waals surface area (Å²) in [4.78, 5) is 27.2. The molecule has 110 valence electrons. The Bertz CT molecular complexity index is 594. The summed E-state index contributed by atoms with van der Waals surface area (Å²) in [5.74, 6) is -0.422. The summed E-state index contributed by atoms with van der Waals surface area (Å²) >= 11 is 0. The number of hydrazone groups is 1. The van der Waals surface area contributed by atoms with Gasteiger partial charge in [0.15, 0.2) is 0 Å². The lowest BCUT2D eigenvalue weighted by molar-refractivity contribution is 0.300. The summed E-state index contributed by atoms with van der Waals surface area (Å²) in [7, 11) is 0. The first-order valence-electron chi connectivity index (χ1n) is 7.00. The van der Waals surface area contributed by atoms with Crippen molar-refractivity contribution in [2.24, 2.45) is 5.10 Å². The molecule has 2 heterocycles. The van der Waals surface area contributed by atoms with E-state index < -0.39 is 17.1 Å². The average Bonchev–Trinajstić information content (AvgIpc) is 2.65. The molecule has 1 aromatic rings. The van der Waals surface area contributed by atoms with Gasteiger partial charge in [-0.15, -0.1) is 0 Å². The number of rotatable bonds is 3. The van der Waals surface area contributed by atoms with Gasteiger partial charge in [0.25, 0.3) is 5.56 Å². The van der Waals surface area contributed by atoms with Crippen LogP contribution in [0.1, 0.15) is 44.6 Å². The van der Waals surface area contributed by atoms with Gasteiger partial charge in [-0.25, -0.2) is 4.79 Å². The van der Waals surface area contributed by atoms with Crippen molar-refractivity contribution in [1.29, 1.82) is 0 Å². The minimum Gasteiger partial charge on any atom is -0.494 e. The zero-order valence-corrected chi connectivity index (χ0v) is 11.6. The van der Waals surface area contributed by atoms with Gasteiger partial charge >= 0.3 is 5.69 Å². The molecule has 20 heavy (non-hydrogen) atoms. The van der Waals surface area contributed by atoms with Crippen LogP contribution in [0.3, 0.4) is 0 Å². The molecule has 1 saturated heterocycles. The van der Waals surface area contributed by atoms with E-state index in [1.165, 1.54) is 12.8 Å². The van der Waals surface area contributed by atoms with E-state index in [2.05, 4.69) is 15.1 Å². The van der Waals surface area contributed by atoms with Gasteiger partial charge in [0.1, 0.15) is 5.56 Å². The van der Waals surface area contributed by atoms with Crippen molar-refractivity contribution in [3.63, 3.8) is 0 Å². The third kappa shape index (κ3) is 3.28. The molecule has 2 rings (SSSR count). The third-order valence-electron chi connectivity index (χ3n) is 3.39. The fourth-order valence-corrected chi connectivity index (χ4v) is 2.36. The molecule has 0 saturated carbocycles. The minimum atomic E-state index is -0.721. The molecule has 1 aliphatic heterocycles. The lowest BCUT2D eigenvalue weighted by atomic mass is 10.1. The second kappa shape index (κ2) is 6.40. The molecular formula is C13H20N4O3. The predicted octanol–water partition coefficient (Wildman–Crippen LogP) is 0.759. The maximum Gasteiger partial charge on any atom is 0.328 e. The van der Waals surface area contributed by atoms with Gasteiger partial charge in [-0.2, -0.15) is 5.10 Å². The fourth-order valence-electron chi connectivity index (χ4n) is 2.36. The lowest BCUT2D eigenvalue weighted by Gasteiger charge is -2.18. The Balaban J connectivity index is 2.36. The van der Waals surface area contributed by atoms with Gasteiger partial charge in [0.05, 0.1) is 5.71 Å². The highest BCUT2D eigenvalue weighted by atomic mass is 16.3. The van der Waals surface area contributed by atoms with Gasteiger partial charge in [-0.3, -0.25) is 19.8 Å². The number of nitrogens with zero attached hydrogens (tertiary/aromatic N) is 2. The number of hydrogen-bond acceptors (Lipinski definition) is 5. The molecule has 0 amide bonds. The standard InChI is InChI=1S/C13H20N4O3/c1-2-9(16-17-7-5-3-4-6-8-17)10-11(18)14-13(20)15-12(10)19/h2-8H2,1H3,(H3,14,15,18,19,20)/b16-9+. The van der Waals surface area contributed by atoms with Gasteiger partial charge in [-0.05, 0) is 19.3 Å². The van der Waals surface area contributed by atoms with E-state index in [-0.39, 0.29) is 5.56 Å². The minimum absolute atomic E-state index is 0.0522. The summed E-state index contributed by atoms with van der Waals surface area (Å²) in [6.07, 6.45) is 5.04. The quantitative estimate of drug-likeness (QED) is 0.711. The highest BCUT2D eigenvalue weighted by molar-refractivity contribution is 6.01. The maximum atomic E-state index is 11.8. The Morgan fingerprint density at radius 3 is 2.40 bits per heavy atom. The summed E-state index contributed by atoms with van der Waals surface area (Å²) in [6.45, 7) is 3.57. The first-order chi connectivity index (χ1) is 9.61. The van der Waals surface area contributed by atoms with E-state index in [9.17, 15) is 14.7 Å². The molecule has 0 aromatic carbocycles. The smallest absolute Gasteiger partial charge is 0.328 e. The van der Waals surface area contributed by atoms with Gasteiger partial charge in [0, 0.05) is 13.1 Å². The molecule has 3 N–H and O–H groups in total. The SMILES string of the molecule is CC/C(=N\N1CCCCCC1)c1c(O)[nH]c(=O)[nH]c1=O. The largest absolute Gasteiger partial charge is 0.494 e.